The first-order valence-corrected chi connectivity index (χ1v) is 9.48. The van der Waals surface area contributed by atoms with Crippen molar-refractivity contribution in [2.75, 3.05) is 18.0 Å². The molecule has 3 heteroatoms. The zero-order valence-electron chi connectivity index (χ0n) is 15.1. The molecule has 1 aromatic carbocycles. The van der Waals surface area contributed by atoms with Crippen LogP contribution in [0.2, 0.25) is 0 Å². The molecule has 0 spiro atoms. The molecule has 130 valence electrons. The van der Waals surface area contributed by atoms with Crippen molar-refractivity contribution in [1.29, 1.82) is 5.26 Å². The fourth-order valence-electron chi connectivity index (χ4n) is 3.75. The van der Waals surface area contributed by atoms with Crippen LogP contribution in [0.15, 0.2) is 42.6 Å². The zero-order chi connectivity index (χ0) is 17.5. The summed E-state index contributed by atoms with van der Waals surface area (Å²) in [6, 6.07) is 15.0. The molecule has 2 heterocycles. The van der Waals surface area contributed by atoms with Gasteiger partial charge in [-0.1, -0.05) is 31.5 Å². The van der Waals surface area contributed by atoms with Crippen molar-refractivity contribution in [3.8, 4) is 6.07 Å². The minimum absolute atomic E-state index is 0.694. The van der Waals surface area contributed by atoms with Crippen molar-refractivity contribution in [3.05, 3.63) is 59.4 Å². The number of unbranched alkanes of at least 4 members (excludes halogenated alkanes) is 1. The molecule has 25 heavy (non-hydrogen) atoms. The van der Waals surface area contributed by atoms with Gasteiger partial charge in [-0.15, -0.1) is 0 Å². The molecule has 0 atom stereocenters. The number of rotatable bonds is 6. The summed E-state index contributed by atoms with van der Waals surface area (Å²) in [7, 11) is 0. The lowest BCUT2D eigenvalue weighted by Crippen LogP contribution is -2.35. The molecule has 0 saturated carbocycles. The Labute approximate surface area is 151 Å². The Morgan fingerprint density at radius 2 is 2.00 bits per heavy atom. The number of nitrogens with zero attached hydrogens (tertiary/aromatic N) is 3. The Kier molecular flexibility index (Phi) is 6.06. The largest absolute Gasteiger partial charge is 0.370 e. The molecule has 0 bridgehead atoms. The molecule has 0 aliphatic carbocycles. The third-order valence-electron chi connectivity index (χ3n) is 5.22. The van der Waals surface area contributed by atoms with Crippen molar-refractivity contribution in [2.45, 2.75) is 45.4 Å². The molecule has 2 aromatic rings. The summed E-state index contributed by atoms with van der Waals surface area (Å²) in [5.41, 5.74) is 4.42. The van der Waals surface area contributed by atoms with E-state index in [9.17, 15) is 5.26 Å². The standard InChI is InChI=1S/C22H27N3/c1-2-3-7-19-8-6-10-22(21(19)17-23)25-14-11-18(12-15-25)16-20-9-4-5-13-24-20/h4-6,8-10,13,18H,2-3,7,11-12,14-16H2,1H3. The van der Waals surface area contributed by atoms with Crippen LogP contribution in [0.5, 0.6) is 0 Å². The summed E-state index contributed by atoms with van der Waals surface area (Å²) >= 11 is 0. The first-order chi connectivity index (χ1) is 12.3. The average Bonchev–Trinajstić information content (AvgIpc) is 2.67. The maximum atomic E-state index is 9.69. The van der Waals surface area contributed by atoms with Gasteiger partial charge in [0.15, 0.2) is 0 Å². The van der Waals surface area contributed by atoms with E-state index in [-0.39, 0.29) is 0 Å². The first-order valence-electron chi connectivity index (χ1n) is 9.48. The topological polar surface area (TPSA) is 39.9 Å². The Morgan fingerprint density at radius 3 is 2.68 bits per heavy atom. The Morgan fingerprint density at radius 1 is 1.16 bits per heavy atom. The molecule has 0 N–H and O–H groups in total. The van der Waals surface area contributed by atoms with Gasteiger partial charge in [0.2, 0.25) is 0 Å². The van der Waals surface area contributed by atoms with Crippen LogP contribution in [0.1, 0.15) is 49.4 Å². The smallest absolute Gasteiger partial charge is 0.102 e. The average molecular weight is 333 g/mol. The number of nitriles is 1. The molecule has 1 aromatic heterocycles. The van der Waals surface area contributed by atoms with Crippen LogP contribution in [-0.2, 0) is 12.8 Å². The van der Waals surface area contributed by atoms with Crippen LogP contribution < -0.4 is 4.90 Å². The van der Waals surface area contributed by atoms with E-state index in [1.54, 1.807) is 0 Å². The number of pyridine rings is 1. The van der Waals surface area contributed by atoms with E-state index >= 15 is 0 Å². The van der Waals surface area contributed by atoms with E-state index in [2.05, 4.69) is 53.2 Å². The highest BCUT2D eigenvalue weighted by molar-refractivity contribution is 5.62. The van der Waals surface area contributed by atoms with E-state index in [1.165, 1.54) is 24.1 Å². The lowest BCUT2D eigenvalue weighted by molar-refractivity contribution is 0.400. The molecule has 0 radical (unpaired) electrons. The summed E-state index contributed by atoms with van der Waals surface area (Å²) < 4.78 is 0. The number of aromatic nitrogens is 1. The van der Waals surface area contributed by atoms with Crippen LogP contribution >= 0.6 is 0 Å². The molecular weight excluding hydrogens is 306 g/mol. The highest BCUT2D eigenvalue weighted by atomic mass is 15.1. The van der Waals surface area contributed by atoms with Crippen LogP contribution in [0.4, 0.5) is 5.69 Å². The van der Waals surface area contributed by atoms with Gasteiger partial charge >= 0.3 is 0 Å². The molecule has 0 amide bonds. The fraction of sp³-hybridized carbons (Fsp3) is 0.455. The predicted octanol–water partition coefficient (Wildman–Crippen LogP) is 4.75. The Hall–Kier alpha value is -2.34. The van der Waals surface area contributed by atoms with Crippen molar-refractivity contribution >= 4 is 5.69 Å². The van der Waals surface area contributed by atoms with Crippen molar-refractivity contribution in [2.24, 2.45) is 5.92 Å². The predicted molar refractivity (Wildman–Crippen MR) is 103 cm³/mol. The van der Waals surface area contributed by atoms with E-state index in [1.807, 2.05) is 12.3 Å². The van der Waals surface area contributed by atoms with Gasteiger partial charge in [0.05, 0.1) is 11.3 Å². The van der Waals surface area contributed by atoms with Crippen LogP contribution in [-0.4, -0.2) is 18.1 Å². The number of benzene rings is 1. The van der Waals surface area contributed by atoms with Crippen LogP contribution in [0.3, 0.4) is 0 Å². The van der Waals surface area contributed by atoms with E-state index in [0.29, 0.717) is 5.92 Å². The van der Waals surface area contributed by atoms with Crippen LogP contribution in [0, 0.1) is 17.2 Å². The van der Waals surface area contributed by atoms with Gasteiger partial charge in [0, 0.05) is 25.0 Å². The second kappa shape index (κ2) is 8.67. The lowest BCUT2D eigenvalue weighted by Gasteiger charge is -2.34. The van der Waals surface area contributed by atoms with Crippen LogP contribution in [0.25, 0.3) is 0 Å². The molecule has 3 rings (SSSR count). The lowest BCUT2D eigenvalue weighted by atomic mass is 9.91. The molecule has 1 aliphatic heterocycles. The third-order valence-corrected chi connectivity index (χ3v) is 5.22. The van der Waals surface area contributed by atoms with Crippen molar-refractivity contribution in [1.82, 2.24) is 4.98 Å². The monoisotopic (exact) mass is 333 g/mol. The molecule has 1 aliphatic rings. The number of piperidine rings is 1. The molecule has 0 unspecified atom stereocenters. The van der Waals surface area contributed by atoms with E-state index in [0.717, 1.165) is 50.0 Å². The maximum absolute atomic E-state index is 9.69. The normalized spacial score (nSPS) is 15.1. The van der Waals surface area contributed by atoms with Gasteiger partial charge in [-0.3, -0.25) is 4.98 Å². The minimum atomic E-state index is 0.694. The molecule has 1 fully saturated rings. The number of anilines is 1. The SMILES string of the molecule is CCCCc1cccc(N2CCC(Cc3ccccn3)CC2)c1C#N. The number of hydrogen-bond donors (Lipinski definition) is 0. The third kappa shape index (κ3) is 4.39. The maximum Gasteiger partial charge on any atom is 0.102 e. The van der Waals surface area contributed by atoms with Crippen molar-refractivity contribution < 1.29 is 0 Å². The van der Waals surface area contributed by atoms with E-state index in [4.69, 9.17) is 0 Å². The molecule has 3 nitrogen and oxygen atoms in total. The molecular formula is C22H27N3. The Balaban J connectivity index is 1.65. The highest BCUT2D eigenvalue weighted by Gasteiger charge is 2.22. The van der Waals surface area contributed by atoms with Gasteiger partial charge in [0.25, 0.3) is 0 Å². The first kappa shape index (κ1) is 17.5. The number of hydrogen-bond acceptors (Lipinski definition) is 3. The van der Waals surface area contributed by atoms with Gasteiger partial charge in [-0.25, -0.2) is 0 Å². The highest BCUT2D eigenvalue weighted by Crippen LogP contribution is 2.29. The summed E-state index contributed by atoms with van der Waals surface area (Å²) in [5.74, 6) is 0.694. The fourth-order valence-corrected chi connectivity index (χ4v) is 3.75. The molecule has 1 saturated heterocycles. The second-order valence-corrected chi connectivity index (χ2v) is 6.98. The minimum Gasteiger partial charge on any atom is -0.370 e. The van der Waals surface area contributed by atoms with Gasteiger partial charge in [0.1, 0.15) is 6.07 Å². The van der Waals surface area contributed by atoms with E-state index < -0.39 is 0 Å². The summed E-state index contributed by atoms with van der Waals surface area (Å²) in [6.45, 7) is 4.26. The second-order valence-electron chi connectivity index (χ2n) is 6.98. The van der Waals surface area contributed by atoms with Gasteiger partial charge in [-0.2, -0.15) is 5.26 Å². The zero-order valence-corrected chi connectivity index (χ0v) is 15.1. The summed E-state index contributed by atoms with van der Waals surface area (Å²) in [6.07, 6.45) is 8.59. The quantitative estimate of drug-likeness (QED) is 0.765. The van der Waals surface area contributed by atoms with Crippen molar-refractivity contribution in [3.63, 3.8) is 0 Å². The van der Waals surface area contributed by atoms with Gasteiger partial charge in [-0.05, 0) is 61.8 Å². The summed E-state index contributed by atoms with van der Waals surface area (Å²) in [5, 5.41) is 9.69. The van der Waals surface area contributed by atoms with Gasteiger partial charge < -0.3 is 4.90 Å². The Bertz CT molecular complexity index is 710. The summed E-state index contributed by atoms with van der Waals surface area (Å²) in [4.78, 5) is 6.87. The number of aryl methyl sites for hydroxylation is 1.